The molecule has 9 nitrogen and oxygen atoms in total. The molecule has 1 aliphatic heterocycles. The molecule has 0 aliphatic carbocycles. The van der Waals surface area contributed by atoms with Gasteiger partial charge in [0.1, 0.15) is 36.6 Å². The first-order valence-electron chi connectivity index (χ1n) is 9.55. The SMILES string of the molecule is CNC(=O)c1cncc(-c2ccc([C@@H](O)[C@H]3O[C@H](CO)[C@@H](O)[C@H](O)[C@@H]3O)c(C)c2)c1. The van der Waals surface area contributed by atoms with Gasteiger partial charge in [-0.3, -0.25) is 9.78 Å². The summed E-state index contributed by atoms with van der Waals surface area (Å²) in [7, 11) is 1.54. The van der Waals surface area contributed by atoms with Crippen molar-refractivity contribution in [3.63, 3.8) is 0 Å². The first-order chi connectivity index (χ1) is 14.3. The zero-order chi connectivity index (χ0) is 22.0. The third kappa shape index (κ3) is 4.22. The molecule has 3 rings (SSSR count). The predicted molar refractivity (Wildman–Crippen MR) is 107 cm³/mol. The van der Waals surface area contributed by atoms with Gasteiger partial charge in [0.15, 0.2) is 0 Å². The van der Waals surface area contributed by atoms with Crippen molar-refractivity contribution < 1.29 is 35.1 Å². The highest BCUT2D eigenvalue weighted by Gasteiger charge is 2.46. The summed E-state index contributed by atoms with van der Waals surface area (Å²) in [6.07, 6.45) is -5.14. The molecule has 30 heavy (non-hydrogen) atoms. The number of pyridine rings is 1. The molecule has 1 aromatic carbocycles. The Morgan fingerprint density at radius 3 is 2.50 bits per heavy atom. The lowest BCUT2D eigenvalue weighted by molar-refractivity contribution is -0.250. The molecular formula is C21H26N2O7. The van der Waals surface area contributed by atoms with Gasteiger partial charge in [-0.25, -0.2) is 0 Å². The van der Waals surface area contributed by atoms with E-state index in [1.54, 1.807) is 37.4 Å². The molecule has 0 unspecified atom stereocenters. The van der Waals surface area contributed by atoms with Crippen molar-refractivity contribution in [3.05, 3.63) is 53.3 Å². The number of carbonyl (C=O) groups is 1. The van der Waals surface area contributed by atoms with Gasteiger partial charge < -0.3 is 35.6 Å². The third-order valence-electron chi connectivity index (χ3n) is 5.39. The number of benzene rings is 1. The van der Waals surface area contributed by atoms with Crippen LogP contribution in [0, 0.1) is 6.92 Å². The van der Waals surface area contributed by atoms with Crippen LogP contribution in [0.1, 0.15) is 27.6 Å². The summed E-state index contributed by atoms with van der Waals surface area (Å²) in [5, 5.41) is 52.8. The highest BCUT2D eigenvalue weighted by molar-refractivity contribution is 5.94. The second-order valence-electron chi connectivity index (χ2n) is 7.35. The van der Waals surface area contributed by atoms with E-state index in [9.17, 15) is 30.3 Å². The molecular weight excluding hydrogens is 392 g/mol. The molecule has 6 N–H and O–H groups in total. The van der Waals surface area contributed by atoms with Gasteiger partial charge >= 0.3 is 0 Å². The maximum Gasteiger partial charge on any atom is 0.252 e. The minimum atomic E-state index is -1.56. The van der Waals surface area contributed by atoms with E-state index in [0.717, 1.165) is 5.56 Å². The molecule has 1 saturated heterocycles. The second-order valence-corrected chi connectivity index (χ2v) is 7.35. The number of hydrogen-bond donors (Lipinski definition) is 6. The predicted octanol–water partition coefficient (Wildman–Crippen LogP) is -0.708. The summed E-state index contributed by atoms with van der Waals surface area (Å²) in [5.74, 6) is -0.254. The van der Waals surface area contributed by atoms with Crippen molar-refractivity contribution in [1.29, 1.82) is 0 Å². The van der Waals surface area contributed by atoms with E-state index in [0.29, 0.717) is 22.3 Å². The van der Waals surface area contributed by atoms with Crippen LogP contribution in [0.5, 0.6) is 0 Å². The van der Waals surface area contributed by atoms with E-state index in [-0.39, 0.29) is 5.91 Å². The van der Waals surface area contributed by atoms with Crippen molar-refractivity contribution in [3.8, 4) is 11.1 Å². The fraction of sp³-hybridized carbons (Fsp3) is 0.429. The van der Waals surface area contributed by atoms with Crippen LogP contribution >= 0.6 is 0 Å². The number of ether oxygens (including phenoxy) is 1. The quantitative estimate of drug-likeness (QED) is 0.373. The third-order valence-corrected chi connectivity index (χ3v) is 5.39. The fourth-order valence-corrected chi connectivity index (χ4v) is 3.62. The fourth-order valence-electron chi connectivity index (χ4n) is 3.62. The number of carbonyl (C=O) groups excluding carboxylic acids is 1. The Kier molecular flexibility index (Phi) is 6.81. The molecule has 1 amide bonds. The molecule has 0 bridgehead atoms. The summed E-state index contributed by atoms with van der Waals surface area (Å²) in [5.41, 5.74) is 3.04. The van der Waals surface area contributed by atoms with Crippen LogP contribution in [0.3, 0.4) is 0 Å². The maximum atomic E-state index is 11.8. The van der Waals surface area contributed by atoms with Gasteiger partial charge in [-0.2, -0.15) is 0 Å². The van der Waals surface area contributed by atoms with E-state index in [1.165, 1.54) is 13.2 Å². The molecule has 162 valence electrons. The lowest BCUT2D eigenvalue weighted by Gasteiger charge is -2.42. The maximum absolute atomic E-state index is 11.8. The summed E-state index contributed by atoms with van der Waals surface area (Å²) < 4.78 is 5.46. The van der Waals surface area contributed by atoms with Crippen molar-refractivity contribution in [1.82, 2.24) is 10.3 Å². The molecule has 1 aliphatic rings. The number of aliphatic hydroxyl groups excluding tert-OH is 5. The van der Waals surface area contributed by atoms with E-state index < -0.39 is 43.2 Å². The largest absolute Gasteiger partial charge is 0.394 e. The molecule has 1 aromatic heterocycles. The summed E-state index contributed by atoms with van der Waals surface area (Å²) >= 11 is 0. The van der Waals surface area contributed by atoms with Crippen LogP contribution in [0.4, 0.5) is 0 Å². The topological polar surface area (TPSA) is 152 Å². The van der Waals surface area contributed by atoms with Crippen LogP contribution < -0.4 is 5.32 Å². The van der Waals surface area contributed by atoms with Crippen molar-refractivity contribution in [2.45, 2.75) is 43.5 Å². The molecule has 0 spiro atoms. The monoisotopic (exact) mass is 418 g/mol. The summed E-state index contributed by atoms with van der Waals surface area (Å²) in [6, 6.07) is 6.89. The van der Waals surface area contributed by atoms with Gasteiger partial charge in [0.2, 0.25) is 0 Å². The number of rotatable bonds is 5. The van der Waals surface area contributed by atoms with Crippen molar-refractivity contribution in [2.75, 3.05) is 13.7 Å². The van der Waals surface area contributed by atoms with E-state index in [4.69, 9.17) is 4.74 Å². The van der Waals surface area contributed by atoms with Gasteiger partial charge in [-0.05, 0) is 29.7 Å². The Morgan fingerprint density at radius 1 is 1.13 bits per heavy atom. The van der Waals surface area contributed by atoms with Crippen molar-refractivity contribution >= 4 is 5.91 Å². The Labute approximate surface area is 173 Å². The normalized spacial score (nSPS) is 27.5. The Bertz CT molecular complexity index is 905. The van der Waals surface area contributed by atoms with Gasteiger partial charge in [-0.1, -0.05) is 18.2 Å². The van der Waals surface area contributed by atoms with E-state index in [1.807, 2.05) is 0 Å². The number of hydrogen-bond acceptors (Lipinski definition) is 8. The average Bonchev–Trinajstić information content (AvgIpc) is 2.76. The molecule has 0 radical (unpaired) electrons. The standard InChI is InChI=1S/C21H26N2O7/c1-10-5-11(12-6-13(8-23-7-12)21(29)22-2)3-4-14(10)16(25)20-19(28)18(27)17(26)15(9-24)30-20/h3-8,15-20,24-28H,9H2,1-2H3,(H,22,29)/t15-,16-,17-,18+,19+,20-/m1/s1. The van der Waals surface area contributed by atoms with Gasteiger partial charge in [0.05, 0.1) is 12.2 Å². The van der Waals surface area contributed by atoms with Crippen LogP contribution in [0.25, 0.3) is 11.1 Å². The van der Waals surface area contributed by atoms with Gasteiger partial charge in [0, 0.05) is 25.0 Å². The average molecular weight is 418 g/mol. The zero-order valence-corrected chi connectivity index (χ0v) is 16.6. The number of aryl methyl sites for hydroxylation is 1. The number of aromatic nitrogens is 1. The molecule has 2 aromatic rings. The van der Waals surface area contributed by atoms with Crippen LogP contribution in [-0.2, 0) is 4.74 Å². The Morgan fingerprint density at radius 2 is 1.87 bits per heavy atom. The van der Waals surface area contributed by atoms with E-state index >= 15 is 0 Å². The number of nitrogens with zero attached hydrogens (tertiary/aromatic N) is 1. The molecule has 6 atom stereocenters. The van der Waals surface area contributed by atoms with Crippen LogP contribution in [-0.4, -0.2) is 80.6 Å². The van der Waals surface area contributed by atoms with Crippen molar-refractivity contribution in [2.24, 2.45) is 0 Å². The zero-order valence-electron chi connectivity index (χ0n) is 16.6. The second kappa shape index (κ2) is 9.17. The highest BCUT2D eigenvalue weighted by Crippen LogP contribution is 2.33. The number of aliphatic hydroxyl groups is 5. The first kappa shape index (κ1) is 22.3. The Hall–Kier alpha value is -2.40. The Balaban J connectivity index is 1.87. The minimum absolute atomic E-state index is 0.254. The molecule has 0 saturated carbocycles. The van der Waals surface area contributed by atoms with Gasteiger partial charge in [0.25, 0.3) is 5.91 Å². The molecule has 1 fully saturated rings. The minimum Gasteiger partial charge on any atom is -0.394 e. The number of amides is 1. The highest BCUT2D eigenvalue weighted by atomic mass is 16.6. The summed E-state index contributed by atoms with van der Waals surface area (Å²) in [4.78, 5) is 15.9. The first-order valence-corrected chi connectivity index (χ1v) is 9.55. The van der Waals surface area contributed by atoms with Crippen LogP contribution in [0.15, 0.2) is 36.7 Å². The summed E-state index contributed by atoms with van der Waals surface area (Å²) in [6.45, 7) is 1.20. The lowest BCUT2D eigenvalue weighted by atomic mass is 9.88. The lowest BCUT2D eigenvalue weighted by Crippen LogP contribution is -2.59. The number of nitrogens with one attached hydrogen (secondary N) is 1. The molecule has 2 heterocycles. The smallest absolute Gasteiger partial charge is 0.252 e. The molecule has 9 heteroatoms. The van der Waals surface area contributed by atoms with E-state index in [2.05, 4.69) is 10.3 Å². The van der Waals surface area contributed by atoms with Gasteiger partial charge in [-0.15, -0.1) is 0 Å². The van der Waals surface area contributed by atoms with Crippen LogP contribution in [0.2, 0.25) is 0 Å².